The van der Waals surface area contributed by atoms with Crippen LogP contribution < -0.4 is 5.73 Å². The van der Waals surface area contributed by atoms with Crippen LogP contribution in [0.25, 0.3) is 5.69 Å². The number of aromatic nitrogens is 2. The van der Waals surface area contributed by atoms with E-state index in [-0.39, 0.29) is 0 Å². The van der Waals surface area contributed by atoms with Gasteiger partial charge in [-0.3, -0.25) is 0 Å². The van der Waals surface area contributed by atoms with Gasteiger partial charge in [-0.05, 0) is 36.6 Å². The Bertz CT molecular complexity index is 457. The van der Waals surface area contributed by atoms with Crippen molar-refractivity contribution in [3.05, 3.63) is 47.8 Å². The SMILES string of the molecule is CCCCc1c[c]n(-c2ccc(CN)cc2)n1. The van der Waals surface area contributed by atoms with Gasteiger partial charge in [-0.15, -0.1) is 0 Å². The number of nitrogens with two attached hydrogens (primary N) is 1. The lowest BCUT2D eigenvalue weighted by Gasteiger charge is -2.02. The van der Waals surface area contributed by atoms with Crippen LogP contribution in [0.3, 0.4) is 0 Å². The lowest BCUT2D eigenvalue weighted by atomic mass is 10.2. The maximum Gasteiger partial charge on any atom is 0.0929 e. The first-order chi connectivity index (χ1) is 8.33. The van der Waals surface area contributed by atoms with Crippen LogP contribution in [0.2, 0.25) is 0 Å². The van der Waals surface area contributed by atoms with Gasteiger partial charge >= 0.3 is 0 Å². The molecule has 1 aromatic heterocycles. The first-order valence-corrected chi connectivity index (χ1v) is 6.09. The number of aryl methyl sites for hydroxylation is 1. The third-order valence-electron chi connectivity index (χ3n) is 2.78. The fourth-order valence-electron chi connectivity index (χ4n) is 1.71. The topological polar surface area (TPSA) is 43.8 Å². The smallest absolute Gasteiger partial charge is 0.0929 e. The standard InChI is InChI=1S/C14H18N3/c1-2-3-4-13-9-10-17(16-13)14-7-5-12(11-15)6-8-14/h5-9H,2-4,11,15H2,1H3. The summed E-state index contributed by atoms with van der Waals surface area (Å²) in [6.45, 7) is 2.76. The van der Waals surface area contributed by atoms with E-state index < -0.39 is 0 Å². The highest BCUT2D eigenvalue weighted by atomic mass is 15.3. The Morgan fingerprint density at radius 2 is 2.06 bits per heavy atom. The summed E-state index contributed by atoms with van der Waals surface area (Å²) in [6.07, 6.45) is 6.54. The van der Waals surface area contributed by atoms with Crippen molar-refractivity contribution in [2.75, 3.05) is 0 Å². The van der Waals surface area contributed by atoms with Crippen LogP contribution in [0.4, 0.5) is 0 Å². The monoisotopic (exact) mass is 228 g/mol. The second-order valence-electron chi connectivity index (χ2n) is 4.15. The summed E-state index contributed by atoms with van der Waals surface area (Å²) in [7, 11) is 0. The first kappa shape index (κ1) is 11.9. The van der Waals surface area contributed by atoms with E-state index in [1.807, 2.05) is 30.3 Å². The highest BCUT2D eigenvalue weighted by Gasteiger charge is 2.01. The summed E-state index contributed by atoms with van der Waals surface area (Å²) in [5.41, 5.74) is 8.84. The first-order valence-electron chi connectivity index (χ1n) is 6.09. The van der Waals surface area contributed by atoms with Crippen LogP contribution in [0.1, 0.15) is 31.0 Å². The van der Waals surface area contributed by atoms with Gasteiger partial charge in [0.25, 0.3) is 0 Å². The molecule has 3 nitrogen and oxygen atoms in total. The van der Waals surface area contributed by atoms with Crippen molar-refractivity contribution >= 4 is 0 Å². The van der Waals surface area contributed by atoms with E-state index in [4.69, 9.17) is 5.73 Å². The van der Waals surface area contributed by atoms with Gasteiger partial charge < -0.3 is 5.73 Å². The van der Waals surface area contributed by atoms with E-state index in [0.717, 1.165) is 23.4 Å². The zero-order valence-electron chi connectivity index (χ0n) is 10.2. The summed E-state index contributed by atoms with van der Waals surface area (Å²) in [6, 6.07) is 10.1. The van der Waals surface area contributed by atoms with E-state index in [0.29, 0.717) is 6.54 Å². The number of benzene rings is 1. The summed E-state index contributed by atoms with van der Waals surface area (Å²) in [4.78, 5) is 0. The molecule has 3 heteroatoms. The van der Waals surface area contributed by atoms with Crippen molar-refractivity contribution in [2.45, 2.75) is 32.7 Å². The molecule has 0 amide bonds. The van der Waals surface area contributed by atoms with Crippen molar-refractivity contribution in [3.63, 3.8) is 0 Å². The largest absolute Gasteiger partial charge is 0.326 e. The molecule has 0 saturated heterocycles. The fourth-order valence-corrected chi connectivity index (χ4v) is 1.71. The van der Waals surface area contributed by atoms with E-state index in [2.05, 4.69) is 18.2 Å². The van der Waals surface area contributed by atoms with Crippen LogP contribution in [0.15, 0.2) is 30.3 Å². The van der Waals surface area contributed by atoms with Crippen LogP contribution in [0, 0.1) is 6.20 Å². The van der Waals surface area contributed by atoms with Crippen molar-refractivity contribution in [1.29, 1.82) is 0 Å². The average molecular weight is 228 g/mol. The number of hydrogen-bond donors (Lipinski definition) is 1. The minimum absolute atomic E-state index is 0.574. The van der Waals surface area contributed by atoms with Crippen molar-refractivity contribution < 1.29 is 0 Å². The molecule has 1 aromatic carbocycles. The minimum atomic E-state index is 0.574. The van der Waals surface area contributed by atoms with Crippen molar-refractivity contribution in [3.8, 4) is 5.69 Å². The molecular weight excluding hydrogens is 210 g/mol. The van der Waals surface area contributed by atoms with Gasteiger partial charge in [-0.1, -0.05) is 25.5 Å². The summed E-state index contributed by atoms with van der Waals surface area (Å²) >= 11 is 0. The Kier molecular flexibility index (Phi) is 3.94. The van der Waals surface area contributed by atoms with Gasteiger partial charge in [0.2, 0.25) is 0 Å². The maximum absolute atomic E-state index is 5.57. The highest BCUT2D eigenvalue weighted by Crippen LogP contribution is 2.10. The van der Waals surface area contributed by atoms with Crippen LogP contribution in [-0.2, 0) is 13.0 Å². The number of hydrogen-bond acceptors (Lipinski definition) is 2. The summed E-state index contributed by atoms with van der Waals surface area (Å²) in [5, 5.41) is 4.50. The Balaban J connectivity index is 2.12. The molecule has 1 radical (unpaired) electrons. The molecule has 0 fully saturated rings. The molecule has 89 valence electrons. The van der Waals surface area contributed by atoms with E-state index in [1.54, 1.807) is 4.68 Å². The van der Waals surface area contributed by atoms with Crippen LogP contribution in [0.5, 0.6) is 0 Å². The predicted octanol–water partition coefficient (Wildman–Crippen LogP) is 2.47. The Morgan fingerprint density at radius 1 is 1.29 bits per heavy atom. The lowest BCUT2D eigenvalue weighted by Crippen LogP contribution is -1.99. The second-order valence-corrected chi connectivity index (χ2v) is 4.15. The predicted molar refractivity (Wildman–Crippen MR) is 68.9 cm³/mol. The molecule has 0 aliphatic carbocycles. The normalized spacial score (nSPS) is 10.7. The summed E-state index contributed by atoms with van der Waals surface area (Å²) in [5.74, 6) is 0. The van der Waals surface area contributed by atoms with Crippen molar-refractivity contribution in [2.24, 2.45) is 5.73 Å². The number of unbranched alkanes of at least 4 members (excludes halogenated alkanes) is 1. The molecule has 1 heterocycles. The van der Waals surface area contributed by atoms with Gasteiger partial charge in [0.15, 0.2) is 0 Å². The molecule has 0 aliphatic heterocycles. The molecule has 0 atom stereocenters. The second kappa shape index (κ2) is 5.64. The molecule has 0 spiro atoms. The third-order valence-corrected chi connectivity index (χ3v) is 2.78. The molecule has 2 aromatic rings. The average Bonchev–Trinajstić information content (AvgIpc) is 2.85. The molecule has 2 rings (SSSR count). The Labute approximate surface area is 102 Å². The minimum Gasteiger partial charge on any atom is -0.326 e. The third kappa shape index (κ3) is 2.94. The van der Waals surface area contributed by atoms with Crippen LogP contribution >= 0.6 is 0 Å². The van der Waals surface area contributed by atoms with E-state index >= 15 is 0 Å². The summed E-state index contributed by atoms with van der Waals surface area (Å²) < 4.78 is 1.80. The Hall–Kier alpha value is -1.61. The molecule has 17 heavy (non-hydrogen) atoms. The van der Waals surface area contributed by atoms with Gasteiger partial charge in [0.1, 0.15) is 0 Å². The van der Waals surface area contributed by atoms with Gasteiger partial charge in [0, 0.05) is 6.54 Å². The molecular formula is C14H18N3. The van der Waals surface area contributed by atoms with Gasteiger partial charge in [-0.2, -0.15) is 5.10 Å². The molecule has 0 bridgehead atoms. The van der Waals surface area contributed by atoms with E-state index in [1.165, 1.54) is 12.8 Å². The maximum atomic E-state index is 5.57. The van der Waals surface area contributed by atoms with Crippen LogP contribution in [-0.4, -0.2) is 9.78 Å². The quantitative estimate of drug-likeness (QED) is 0.854. The zero-order valence-corrected chi connectivity index (χ0v) is 10.2. The lowest BCUT2D eigenvalue weighted by molar-refractivity contribution is 0.751. The highest BCUT2D eigenvalue weighted by molar-refractivity contribution is 5.33. The van der Waals surface area contributed by atoms with E-state index in [9.17, 15) is 0 Å². The molecule has 0 unspecified atom stereocenters. The van der Waals surface area contributed by atoms with Gasteiger partial charge in [-0.25, -0.2) is 4.68 Å². The zero-order chi connectivity index (χ0) is 12.1. The molecule has 2 N–H and O–H groups in total. The molecule has 0 aliphatic rings. The number of nitrogens with zero attached hydrogens (tertiary/aromatic N) is 2. The van der Waals surface area contributed by atoms with Gasteiger partial charge in [0.05, 0.1) is 17.6 Å². The molecule has 0 saturated carbocycles. The Morgan fingerprint density at radius 3 is 2.71 bits per heavy atom. The number of rotatable bonds is 5. The fraction of sp³-hybridized carbons (Fsp3) is 0.357. The van der Waals surface area contributed by atoms with Crippen molar-refractivity contribution in [1.82, 2.24) is 9.78 Å².